The van der Waals surface area contributed by atoms with Crippen LogP contribution in [-0.4, -0.2) is 75.5 Å². The van der Waals surface area contributed by atoms with Gasteiger partial charge < -0.3 is 25.0 Å². The van der Waals surface area contributed by atoms with Crippen molar-refractivity contribution in [1.82, 2.24) is 15.5 Å². The quantitative estimate of drug-likeness (QED) is 0.319. The Morgan fingerprint density at radius 2 is 1.72 bits per heavy atom. The topological polar surface area (TPSA) is 58.1 Å². The van der Waals surface area contributed by atoms with E-state index in [1.54, 1.807) is 0 Å². The zero-order valence-electron chi connectivity index (χ0n) is 16.3. The fraction of sp³-hybridized carbons (Fsp3) is 0.947. The summed E-state index contributed by atoms with van der Waals surface area (Å²) in [5.74, 6) is 0.926. The van der Waals surface area contributed by atoms with Gasteiger partial charge in [-0.1, -0.05) is 13.3 Å². The minimum Gasteiger partial charge on any atom is -0.379 e. The van der Waals surface area contributed by atoms with Crippen LogP contribution in [0, 0.1) is 0 Å². The van der Waals surface area contributed by atoms with Crippen LogP contribution in [0.25, 0.3) is 0 Å². The molecule has 0 aromatic heterocycles. The van der Waals surface area contributed by atoms with Gasteiger partial charge in [-0.25, -0.2) is 0 Å². The highest BCUT2D eigenvalue weighted by Gasteiger charge is 2.31. The Morgan fingerprint density at radius 1 is 1.00 bits per heavy atom. The summed E-state index contributed by atoms with van der Waals surface area (Å²) < 4.78 is 11.1. The number of guanidine groups is 1. The summed E-state index contributed by atoms with van der Waals surface area (Å²) in [4.78, 5) is 7.29. The first-order valence-electron chi connectivity index (χ1n) is 10.3. The Morgan fingerprint density at radius 3 is 2.36 bits per heavy atom. The van der Waals surface area contributed by atoms with Gasteiger partial charge >= 0.3 is 0 Å². The standard InChI is InChI=1S/C19H38N4O2/c1-3-5-13-24-15-16-25-14-10-21-19(20-4-2)22-17-8-11-23(12-9-17)18-6-7-18/h17-18H,3-16H2,1-2H3,(H2,20,21,22). The highest BCUT2D eigenvalue weighted by molar-refractivity contribution is 5.80. The number of hydrogen-bond acceptors (Lipinski definition) is 4. The van der Waals surface area contributed by atoms with Crippen molar-refractivity contribution in [1.29, 1.82) is 0 Å². The van der Waals surface area contributed by atoms with Crippen LogP contribution in [0.4, 0.5) is 0 Å². The Kier molecular flexibility index (Phi) is 10.2. The lowest BCUT2D eigenvalue weighted by Gasteiger charge is -2.33. The zero-order chi connectivity index (χ0) is 17.7. The van der Waals surface area contributed by atoms with E-state index in [0.29, 0.717) is 32.4 Å². The number of hydrogen-bond donors (Lipinski definition) is 2. The van der Waals surface area contributed by atoms with Crippen molar-refractivity contribution in [3.8, 4) is 0 Å². The molecule has 2 rings (SSSR count). The second-order valence-electron chi connectivity index (χ2n) is 7.02. The molecule has 2 fully saturated rings. The van der Waals surface area contributed by atoms with E-state index in [-0.39, 0.29) is 0 Å². The maximum Gasteiger partial charge on any atom is 0.191 e. The van der Waals surface area contributed by atoms with Gasteiger partial charge in [-0.3, -0.25) is 4.99 Å². The molecule has 0 atom stereocenters. The zero-order valence-corrected chi connectivity index (χ0v) is 16.3. The van der Waals surface area contributed by atoms with Crippen LogP contribution in [-0.2, 0) is 9.47 Å². The number of nitrogens with one attached hydrogen (secondary N) is 2. The third-order valence-electron chi connectivity index (χ3n) is 4.80. The number of rotatable bonds is 12. The number of piperidine rings is 1. The molecule has 0 aromatic carbocycles. The molecule has 1 saturated carbocycles. The molecule has 0 aromatic rings. The minimum absolute atomic E-state index is 0.542. The van der Waals surface area contributed by atoms with E-state index < -0.39 is 0 Å². The first-order valence-corrected chi connectivity index (χ1v) is 10.3. The lowest BCUT2D eigenvalue weighted by atomic mass is 10.1. The van der Waals surface area contributed by atoms with Gasteiger partial charge in [-0.15, -0.1) is 0 Å². The summed E-state index contributed by atoms with van der Waals surface area (Å²) in [6, 6.07) is 1.44. The molecule has 0 radical (unpaired) electrons. The van der Waals surface area contributed by atoms with E-state index in [0.717, 1.165) is 31.6 Å². The lowest BCUT2D eigenvalue weighted by molar-refractivity contribution is 0.0497. The molecule has 0 spiro atoms. The fourth-order valence-corrected chi connectivity index (χ4v) is 3.15. The molecular formula is C19H38N4O2. The largest absolute Gasteiger partial charge is 0.379 e. The molecule has 1 aliphatic heterocycles. The molecule has 1 heterocycles. The van der Waals surface area contributed by atoms with Crippen LogP contribution in [0.2, 0.25) is 0 Å². The number of aliphatic imine (C=N–C) groups is 1. The van der Waals surface area contributed by atoms with Gasteiger partial charge in [0.25, 0.3) is 0 Å². The molecule has 2 aliphatic rings. The van der Waals surface area contributed by atoms with E-state index in [9.17, 15) is 0 Å². The highest BCUT2D eigenvalue weighted by atomic mass is 16.5. The summed E-state index contributed by atoms with van der Waals surface area (Å²) in [5, 5.41) is 6.94. The van der Waals surface area contributed by atoms with E-state index >= 15 is 0 Å². The lowest BCUT2D eigenvalue weighted by Crippen LogP contribution is -2.49. The van der Waals surface area contributed by atoms with Gasteiger partial charge in [-0.05, 0) is 39.0 Å². The first kappa shape index (κ1) is 20.5. The summed E-state index contributed by atoms with van der Waals surface area (Å²) >= 11 is 0. The van der Waals surface area contributed by atoms with Crippen molar-refractivity contribution in [2.24, 2.45) is 4.99 Å². The van der Waals surface area contributed by atoms with Crippen LogP contribution in [0.15, 0.2) is 4.99 Å². The molecule has 6 heteroatoms. The van der Waals surface area contributed by atoms with Gasteiger partial charge in [-0.2, -0.15) is 0 Å². The van der Waals surface area contributed by atoms with Gasteiger partial charge in [0.05, 0.1) is 26.4 Å². The van der Waals surface area contributed by atoms with Crippen molar-refractivity contribution in [2.45, 2.75) is 64.5 Å². The Bertz CT molecular complexity index is 366. The minimum atomic E-state index is 0.542. The second kappa shape index (κ2) is 12.5. The van der Waals surface area contributed by atoms with Gasteiger partial charge in [0, 0.05) is 38.3 Å². The molecule has 0 unspecified atom stereocenters. The molecule has 146 valence electrons. The van der Waals surface area contributed by atoms with Crippen molar-refractivity contribution >= 4 is 5.96 Å². The predicted molar refractivity (Wildman–Crippen MR) is 103 cm³/mol. The number of likely N-dealkylation sites (tertiary alicyclic amines) is 1. The van der Waals surface area contributed by atoms with Crippen LogP contribution >= 0.6 is 0 Å². The normalized spacial score (nSPS) is 20.0. The highest BCUT2D eigenvalue weighted by Crippen LogP contribution is 2.29. The third-order valence-corrected chi connectivity index (χ3v) is 4.80. The van der Waals surface area contributed by atoms with E-state index in [1.807, 2.05) is 0 Å². The summed E-state index contributed by atoms with van der Waals surface area (Å²) in [7, 11) is 0. The number of nitrogens with zero attached hydrogens (tertiary/aromatic N) is 2. The molecule has 0 bridgehead atoms. The van der Waals surface area contributed by atoms with E-state index in [1.165, 1.54) is 45.2 Å². The summed E-state index contributed by atoms with van der Waals surface area (Å²) in [6.45, 7) is 11.1. The number of unbranched alkanes of at least 4 members (excludes halogenated alkanes) is 1. The van der Waals surface area contributed by atoms with Crippen molar-refractivity contribution in [3.63, 3.8) is 0 Å². The molecule has 1 saturated heterocycles. The Balaban J connectivity index is 1.55. The predicted octanol–water partition coefficient (Wildman–Crippen LogP) is 2.00. The second-order valence-corrected chi connectivity index (χ2v) is 7.02. The average molecular weight is 355 g/mol. The molecule has 6 nitrogen and oxygen atoms in total. The third kappa shape index (κ3) is 8.88. The average Bonchev–Trinajstić information content (AvgIpc) is 3.46. The van der Waals surface area contributed by atoms with Crippen LogP contribution in [0.1, 0.15) is 52.4 Å². The van der Waals surface area contributed by atoms with E-state index in [2.05, 4.69) is 34.4 Å². The number of ether oxygens (including phenoxy) is 2. The van der Waals surface area contributed by atoms with Gasteiger partial charge in [0.1, 0.15) is 0 Å². The molecular weight excluding hydrogens is 316 g/mol. The monoisotopic (exact) mass is 354 g/mol. The fourth-order valence-electron chi connectivity index (χ4n) is 3.15. The Hall–Kier alpha value is -0.850. The van der Waals surface area contributed by atoms with Crippen molar-refractivity contribution in [3.05, 3.63) is 0 Å². The Labute approximate surface area is 153 Å². The van der Waals surface area contributed by atoms with Crippen molar-refractivity contribution < 1.29 is 9.47 Å². The smallest absolute Gasteiger partial charge is 0.191 e. The SMILES string of the molecule is CCCCOCCOCCN=C(NCC)NC1CCN(C2CC2)CC1. The van der Waals surface area contributed by atoms with Crippen LogP contribution < -0.4 is 10.6 Å². The molecule has 25 heavy (non-hydrogen) atoms. The van der Waals surface area contributed by atoms with Gasteiger partial charge in [0.15, 0.2) is 5.96 Å². The molecule has 0 amide bonds. The summed E-state index contributed by atoms with van der Waals surface area (Å²) in [6.07, 6.45) is 7.55. The molecule has 1 aliphatic carbocycles. The van der Waals surface area contributed by atoms with E-state index in [4.69, 9.17) is 9.47 Å². The summed E-state index contributed by atoms with van der Waals surface area (Å²) in [5.41, 5.74) is 0. The van der Waals surface area contributed by atoms with Crippen molar-refractivity contribution in [2.75, 3.05) is 52.6 Å². The maximum atomic E-state index is 5.59. The first-order chi connectivity index (χ1) is 12.3. The maximum absolute atomic E-state index is 5.59. The van der Waals surface area contributed by atoms with Crippen LogP contribution in [0.3, 0.4) is 0 Å². The van der Waals surface area contributed by atoms with Crippen LogP contribution in [0.5, 0.6) is 0 Å². The molecule has 2 N–H and O–H groups in total. The van der Waals surface area contributed by atoms with Gasteiger partial charge in [0.2, 0.25) is 0 Å².